The van der Waals surface area contributed by atoms with E-state index in [-0.39, 0.29) is 29.5 Å². The van der Waals surface area contributed by atoms with Crippen molar-refractivity contribution in [2.45, 2.75) is 65.3 Å². The van der Waals surface area contributed by atoms with Crippen molar-refractivity contribution in [2.24, 2.45) is 5.41 Å². The van der Waals surface area contributed by atoms with Gasteiger partial charge < -0.3 is 16.0 Å². The Bertz CT molecular complexity index is 1290. The lowest BCUT2D eigenvalue weighted by molar-refractivity contribution is -0.138. The number of aromatic nitrogens is 4. The molecule has 3 N–H and O–H groups in total. The van der Waals surface area contributed by atoms with Crippen molar-refractivity contribution in [1.29, 1.82) is 0 Å². The van der Waals surface area contributed by atoms with E-state index < -0.39 is 11.7 Å². The molecule has 1 amide bonds. The molecule has 3 heterocycles. The van der Waals surface area contributed by atoms with E-state index in [0.717, 1.165) is 42.1 Å². The molecule has 0 unspecified atom stereocenters. The standard InChI is InChI=1S/C23H26F3N7O/c1-12(2)19-30-31-21-29-18(28-9-13-6-14(23(24,25)26)8-15(27)7-13)16-10-32(11-17(16)33(19)21)20(34)22(3)4-5-22/h6-8,12H,4-5,9-11,27H2,1-3H3,(H,28,29,31). The lowest BCUT2D eigenvalue weighted by Crippen LogP contribution is -2.31. The first-order chi connectivity index (χ1) is 16.0. The number of carbonyl (C=O) groups excluding carboxylic acids is 1. The van der Waals surface area contributed by atoms with E-state index in [1.165, 1.54) is 6.07 Å². The quantitative estimate of drug-likeness (QED) is 0.541. The largest absolute Gasteiger partial charge is 0.416 e. The minimum Gasteiger partial charge on any atom is -0.399 e. The van der Waals surface area contributed by atoms with E-state index in [4.69, 9.17) is 5.73 Å². The van der Waals surface area contributed by atoms with Crippen LogP contribution in [0.1, 0.15) is 67.7 Å². The molecule has 8 nitrogen and oxygen atoms in total. The van der Waals surface area contributed by atoms with Crippen molar-refractivity contribution in [2.75, 3.05) is 11.1 Å². The van der Waals surface area contributed by atoms with Crippen molar-refractivity contribution in [3.8, 4) is 0 Å². The van der Waals surface area contributed by atoms with Crippen LogP contribution in [0.3, 0.4) is 0 Å². The number of benzene rings is 1. The fourth-order valence-corrected chi connectivity index (χ4v) is 4.43. The Morgan fingerprint density at radius 2 is 1.94 bits per heavy atom. The second-order valence-electron chi connectivity index (χ2n) is 9.77. The number of anilines is 2. The molecule has 11 heteroatoms. The lowest BCUT2D eigenvalue weighted by atomic mass is 10.1. The van der Waals surface area contributed by atoms with Crippen LogP contribution >= 0.6 is 0 Å². The molecular weight excluding hydrogens is 447 g/mol. The summed E-state index contributed by atoms with van der Waals surface area (Å²) in [4.78, 5) is 19.5. The first-order valence-electron chi connectivity index (χ1n) is 11.2. The topological polar surface area (TPSA) is 101 Å². The molecule has 180 valence electrons. The molecule has 0 atom stereocenters. The number of nitrogens with zero attached hydrogens (tertiary/aromatic N) is 5. The highest BCUT2D eigenvalue weighted by atomic mass is 19.4. The molecule has 0 radical (unpaired) electrons. The summed E-state index contributed by atoms with van der Waals surface area (Å²) in [5.41, 5.74) is 6.71. The third-order valence-corrected chi connectivity index (χ3v) is 6.60. The van der Waals surface area contributed by atoms with Crippen molar-refractivity contribution >= 4 is 23.2 Å². The van der Waals surface area contributed by atoms with Gasteiger partial charge in [-0.25, -0.2) is 0 Å². The molecule has 5 rings (SSSR count). The van der Waals surface area contributed by atoms with Gasteiger partial charge >= 0.3 is 6.18 Å². The van der Waals surface area contributed by atoms with Crippen LogP contribution in [0.5, 0.6) is 0 Å². The number of amides is 1. The van der Waals surface area contributed by atoms with E-state index in [1.54, 1.807) is 0 Å². The molecule has 0 bridgehead atoms. The average Bonchev–Trinajstić information content (AvgIpc) is 3.18. The summed E-state index contributed by atoms with van der Waals surface area (Å²) in [5.74, 6) is 1.83. The van der Waals surface area contributed by atoms with Crippen LogP contribution in [0.25, 0.3) is 5.78 Å². The van der Waals surface area contributed by atoms with Crippen LogP contribution in [0.4, 0.5) is 24.7 Å². The zero-order chi connectivity index (χ0) is 24.4. The van der Waals surface area contributed by atoms with Crippen LogP contribution in [-0.2, 0) is 30.6 Å². The molecule has 0 saturated heterocycles. The Kier molecular flexibility index (Phi) is 4.99. The Balaban J connectivity index is 1.51. The minimum atomic E-state index is -4.49. The maximum absolute atomic E-state index is 13.2. The molecule has 2 aliphatic rings. The smallest absolute Gasteiger partial charge is 0.399 e. The number of nitrogens with one attached hydrogen (secondary N) is 1. The van der Waals surface area contributed by atoms with Gasteiger partial charge in [0.25, 0.3) is 5.78 Å². The molecular formula is C23H26F3N7O. The van der Waals surface area contributed by atoms with Gasteiger partial charge in [-0.1, -0.05) is 20.8 Å². The molecule has 3 aromatic rings. The summed E-state index contributed by atoms with van der Waals surface area (Å²) in [6, 6.07) is 3.48. The molecule has 1 aliphatic carbocycles. The number of hydrogen-bond acceptors (Lipinski definition) is 6. The Labute approximate surface area is 194 Å². The van der Waals surface area contributed by atoms with Crippen LogP contribution in [-0.4, -0.2) is 30.4 Å². The predicted octanol–water partition coefficient (Wildman–Crippen LogP) is 4.10. The fraction of sp³-hybridized carbons (Fsp3) is 0.478. The lowest BCUT2D eigenvalue weighted by Gasteiger charge is -2.19. The summed E-state index contributed by atoms with van der Waals surface area (Å²) in [6.07, 6.45) is -2.74. The first kappa shape index (κ1) is 22.4. The van der Waals surface area contributed by atoms with Gasteiger partial charge in [0.2, 0.25) is 5.91 Å². The summed E-state index contributed by atoms with van der Waals surface area (Å²) in [7, 11) is 0. The number of hydrogen-bond donors (Lipinski definition) is 2. The van der Waals surface area contributed by atoms with Gasteiger partial charge in [-0.15, -0.1) is 10.2 Å². The Morgan fingerprint density at radius 3 is 2.59 bits per heavy atom. The normalized spacial score (nSPS) is 16.9. The van der Waals surface area contributed by atoms with Gasteiger partial charge in [0.1, 0.15) is 11.6 Å². The number of halogens is 3. The molecule has 34 heavy (non-hydrogen) atoms. The number of nitrogen functional groups attached to an aromatic ring is 1. The number of nitrogens with two attached hydrogens (primary N) is 1. The van der Waals surface area contributed by atoms with Crippen LogP contribution in [0.15, 0.2) is 18.2 Å². The van der Waals surface area contributed by atoms with Crippen molar-refractivity contribution < 1.29 is 18.0 Å². The van der Waals surface area contributed by atoms with Gasteiger partial charge in [0.05, 0.1) is 24.3 Å². The summed E-state index contributed by atoms with van der Waals surface area (Å²) >= 11 is 0. The zero-order valence-electron chi connectivity index (χ0n) is 19.2. The molecule has 2 aromatic heterocycles. The third-order valence-electron chi connectivity index (χ3n) is 6.60. The monoisotopic (exact) mass is 473 g/mol. The highest BCUT2D eigenvalue weighted by Gasteiger charge is 2.48. The predicted molar refractivity (Wildman–Crippen MR) is 120 cm³/mol. The Hall–Kier alpha value is -3.37. The van der Waals surface area contributed by atoms with E-state index in [0.29, 0.717) is 30.2 Å². The second kappa shape index (κ2) is 7.57. The van der Waals surface area contributed by atoms with Crippen molar-refractivity contribution in [3.63, 3.8) is 0 Å². The molecule has 1 aliphatic heterocycles. The SMILES string of the molecule is CC(C)c1nnc2nc(NCc3cc(N)cc(C(F)(F)F)c3)c3c(n12)CN(C(=O)C1(C)CC1)C3. The maximum Gasteiger partial charge on any atom is 0.416 e. The highest BCUT2D eigenvalue weighted by molar-refractivity contribution is 5.85. The number of rotatable bonds is 5. The van der Waals surface area contributed by atoms with E-state index >= 15 is 0 Å². The van der Waals surface area contributed by atoms with Gasteiger partial charge in [-0.05, 0) is 36.6 Å². The van der Waals surface area contributed by atoms with E-state index in [2.05, 4.69) is 20.5 Å². The van der Waals surface area contributed by atoms with Crippen molar-refractivity contribution in [3.05, 3.63) is 46.4 Å². The van der Waals surface area contributed by atoms with Gasteiger partial charge in [0, 0.05) is 29.1 Å². The molecule has 1 fully saturated rings. The zero-order valence-corrected chi connectivity index (χ0v) is 19.2. The average molecular weight is 474 g/mol. The van der Waals surface area contributed by atoms with Crippen LogP contribution in [0.2, 0.25) is 0 Å². The molecule has 0 spiro atoms. The summed E-state index contributed by atoms with van der Waals surface area (Å²) in [5, 5.41) is 11.7. The first-order valence-corrected chi connectivity index (χ1v) is 11.2. The second-order valence-corrected chi connectivity index (χ2v) is 9.77. The summed E-state index contributed by atoms with van der Waals surface area (Å²) < 4.78 is 41.5. The number of fused-ring (bicyclic) bond motifs is 3. The maximum atomic E-state index is 13.2. The molecule has 1 aromatic carbocycles. The van der Waals surface area contributed by atoms with Gasteiger partial charge in [-0.2, -0.15) is 18.2 Å². The van der Waals surface area contributed by atoms with Crippen LogP contribution < -0.4 is 11.1 Å². The Morgan fingerprint density at radius 1 is 1.21 bits per heavy atom. The number of carbonyl (C=O) groups is 1. The fourth-order valence-electron chi connectivity index (χ4n) is 4.43. The molecule has 1 saturated carbocycles. The van der Waals surface area contributed by atoms with Gasteiger partial charge in [-0.3, -0.25) is 9.20 Å². The van der Waals surface area contributed by atoms with Crippen molar-refractivity contribution in [1.82, 2.24) is 24.5 Å². The highest BCUT2D eigenvalue weighted by Crippen LogP contribution is 2.48. The number of alkyl halides is 3. The minimum absolute atomic E-state index is 0.0359. The summed E-state index contributed by atoms with van der Waals surface area (Å²) in [6.45, 7) is 6.86. The third kappa shape index (κ3) is 3.82. The van der Waals surface area contributed by atoms with E-state index in [9.17, 15) is 18.0 Å². The van der Waals surface area contributed by atoms with E-state index in [1.807, 2.05) is 30.1 Å². The van der Waals surface area contributed by atoms with Crippen LogP contribution in [0, 0.1) is 5.41 Å². The van der Waals surface area contributed by atoms with Gasteiger partial charge in [0.15, 0.2) is 0 Å².